The van der Waals surface area contributed by atoms with Crippen molar-refractivity contribution in [1.29, 1.82) is 0 Å². The monoisotopic (exact) mass is 241 g/mol. The van der Waals surface area contributed by atoms with Crippen molar-refractivity contribution < 1.29 is 9.53 Å². The Hall–Kier alpha value is -1.13. The molecular weight excluding hydrogens is 234 g/mol. The summed E-state index contributed by atoms with van der Waals surface area (Å²) in [7, 11) is 0. The molecule has 15 heavy (non-hydrogen) atoms. The third-order valence-electron chi connectivity index (χ3n) is 1.84. The van der Waals surface area contributed by atoms with Crippen molar-refractivity contribution >= 4 is 38.4 Å². The minimum Gasteiger partial charge on any atom is -0.494 e. The molecule has 0 saturated carbocycles. The van der Waals surface area contributed by atoms with Crippen LogP contribution >= 0.6 is 22.9 Å². The summed E-state index contributed by atoms with van der Waals surface area (Å²) in [5.74, 6) is 0.780. The Kier molecular flexibility index (Phi) is 2.88. The van der Waals surface area contributed by atoms with E-state index < -0.39 is 5.24 Å². The van der Waals surface area contributed by atoms with E-state index in [1.54, 1.807) is 0 Å². The second-order valence-corrected chi connectivity index (χ2v) is 4.23. The van der Waals surface area contributed by atoms with Gasteiger partial charge in [0.05, 0.1) is 16.8 Å². The summed E-state index contributed by atoms with van der Waals surface area (Å²) in [5.41, 5.74) is 0.771. The highest BCUT2D eigenvalue weighted by Crippen LogP contribution is 2.27. The topological polar surface area (TPSA) is 39.2 Å². The van der Waals surface area contributed by atoms with Gasteiger partial charge in [0.1, 0.15) is 5.75 Å². The van der Waals surface area contributed by atoms with Gasteiger partial charge < -0.3 is 4.74 Å². The predicted molar refractivity (Wildman–Crippen MR) is 61.0 cm³/mol. The van der Waals surface area contributed by atoms with Gasteiger partial charge >= 0.3 is 0 Å². The molecule has 78 valence electrons. The van der Waals surface area contributed by atoms with Crippen LogP contribution in [0.25, 0.3) is 10.2 Å². The highest BCUT2D eigenvalue weighted by Gasteiger charge is 2.09. The summed E-state index contributed by atoms with van der Waals surface area (Å²) in [4.78, 5) is 15.0. The number of rotatable bonds is 3. The summed E-state index contributed by atoms with van der Waals surface area (Å²) in [6.07, 6.45) is 0. The van der Waals surface area contributed by atoms with Crippen molar-refractivity contribution in [3.05, 3.63) is 23.2 Å². The summed E-state index contributed by atoms with van der Waals surface area (Å²) >= 11 is 6.63. The van der Waals surface area contributed by atoms with E-state index in [0.29, 0.717) is 11.6 Å². The molecule has 3 nitrogen and oxygen atoms in total. The molecule has 0 N–H and O–H groups in total. The van der Waals surface area contributed by atoms with E-state index in [4.69, 9.17) is 16.3 Å². The summed E-state index contributed by atoms with van der Waals surface area (Å²) in [5, 5.41) is -0.200. The fraction of sp³-hybridized carbons (Fsp3) is 0.200. The first-order valence-electron chi connectivity index (χ1n) is 4.44. The minimum absolute atomic E-state index is 0.320. The third-order valence-corrected chi connectivity index (χ3v) is 3.15. The van der Waals surface area contributed by atoms with Crippen LogP contribution < -0.4 is 4.74 Å². The number of halogens is 1. The molecule has 0 aliphatic heterocycles. The van der Waals surface area contributed by atoms with E-state index >= 15 is 0 Å². The molecule has 2 aromatic rings. The lowest BCUT2D eigenvalue weighted by molar-refractivity contribution is 0.108. The van der Waals surface area contributed by atoms with E-state index in [1.807, 2.05) is 25.1 Å². The first-order chi connectivity index (χ1) is 7.20. The molecule has 1 aromatic heterocycles. The van der Waals surface area contributed by atoms with Crippen LogP contribution in [0, 0.1) is 0 Å². The van der Waals surface area contributed by atoms with Crippen LogP contribution in [0.3, 0.4) is 0 Å². The van der Waals surface area contributed by atoms with Gasteiger partial charge in [-0.1, -0.05) is 0 Å². The fourth-order valence-corrected chi connectivity index (χ4v) is 2.23. The lowest BCUT2D eigenvalue weighted by Crippen LogP contribution is -1.90. The minimum atomic E-state index is -0.519. The Labute approximate surface area is 95.6 Å². The molecule has 2 rings (SSSR count). The number of ether oxygens (including phenoxy) is 1. The highest BCUT2D eigenvalue weighted by molar-refractivity contribution is 7.21. The van der Waals surface area contributed by atoms with Gasteiger partial charge in [0.15, 0.2) is 5.01 Å². The maximum absolute atomic E-state index is 10.9. The SMILES string of the molecule is CCOc1ccc2nc(C(=O)Cl)sc2c1. The number of carbonyl (C=O) groups is 1. The van der Waals surface area contributed by atoms with Crippen LogP contribution in [0.2, 0.25) is 0 Å². The Balaban J connectivity index is 2.47. The van der Waals surface area contributed by atoms with Gasteiger partial charge in [0.2, 0.25) is 0 Å². The zero-order chi connectivity index (χ0) is 10.8. The summed E-state index contributed by atoms with van der Waals surface area (Å²) < 4.78 is 6.25. The van der Waals surface area contributed by atoms with Crippen LogP contribution in [0.5, 0.6) is 5.75 Å². The molecule has 1 heterocycles. The summed E-state index contributed by atoms with van der Waals surface area (Å²) in [6, 6.07) is 5.51. The van der Waals surface area contributed by atoms with E-state index in [1.165, 1.54) is 11.3 Å². The largest absolute Gasteiger partial charge is 0.494 e. The normalized spacial score (nSPS) is 10.5. The number of hydrogen-bond acceptors (Lipinski definition) is 4. The van der Waals surface area contributed by atoms with Gasteiger partial charge in [0, 0.05) is 0 Å². The molecule has 0 aliphatic rings. The van der Waals surface area contributed by atoms with Crippen molar-refractivity contribution in [3.8, 4) is 5.75 Å². The lowest BCUT2D eigenvalue weighted by Gasteiger charge is -2.00. The Bertz CT molecular complexity index is 509. The number of benzene rings is 1. The maximum Gasteiger partial charge on any atom is 0.281 e. The van der Waals surface area contributed by atoms with Gasteiger partial charge in [-0.3, -0.25) is 4.79 Å². The van der Waals surface area contributed by atoms with Gasteiger partial charge in [-0.15, -0.1) is 11.3 Å². The predicted octanol–water partition coefficient (Wildman–Crippen LogP) is 3.07. The molecule has 0 aliphatic carbocycles. The molecule has 0 unspecified atom stereocenters. The van der Waals surface area contributed by atoms with Gasteiger partial charge in [-0.2, -0.15) is 0 Å². The molecule has 0 radical (unpaired) electrons. The molecular formula is C10H8ClNO2S. The molecule has 5 heteroatoms. The van der Waals surface area contributed by atoms with Crippen molar-refractivity contribution in [2.75, 3.05) is 6.61 Å². The number of carbonyl (C=O) groups excluding carboxylic acids is 1. The van der Waals surface area contributed by atoms with Gasteiger partial charge in [-0.25, -0.2) is 4.98 Å². The quantitative estimate of drug-likeness (QED) is 0.776. The van der Waals surface area contributed by atoms with Crippen molar-refractivity contribution in [2.24, 2.45) is 0 Å². The fourth-order valence-electron chi connectivity index (χ4n) is 1.25. The van der Waals surface area contributed by atoms with Gasteiger partial charge in [-0.05, 0) is 36.7 Å². The first-order valence-corrected chi connectivity index (χ1v) is 5.63. The van der Waals surface area contributed by atoms with Crippen molar-refractivity contribution in [2.45, 2.75) is 6.92 Å². The van der Waals surface area contributed by atoms with E-state index in [0.717, 1.165) is 16.0 Å². The average Bonchev–Trinajstić information content (AvgIpc) is 2.61. The van der Waals surface area contributed by atoms with E-state index in [9.17, 15) is 4.79 Å². The zero-order valence-corrected chi connectivity index (χ0v) is 9.56. The standard InChI is InChI=1S/C10H8ClNO2S/c1-2-14-6-3-4-7-8(5-6)15-10(12-7)9(11)13/h3-5H,2H2,1H3. The van der Waals surface area contributed by atoms with Crippen LogP contribution in [0.15, 0.2) is 18.2 Å². The first kappa shape index (κ1) is 10.4. The number of fused-ring (bicyclic) bond motifs is 1. The highest BCUT2D eigenvalue weighted by atomic mass is 35.5. The second-order valence-electron chi connectivity index (χ2n) is 2.86. The van der Waals surface area contributed by atoms with Gasteiger partial charge in [0.25, 0.3) is 5.24 Å². The maximum atomic E-state index is 10.9. The number of nitrogens with zero attached hydrogens (tertiary/aromatic N) is 1. The molecule has 0 saturated heterocycles. The smallest absolute Gasteiger partial charge is 0.281 e. The molecule has 0 fully saturated rings. The third kappa shape index (κ3) is 2.11. The Morgan fingerprint density at radius 1 is 1.60 bits per heavy atom. The Morgan fingerprint density at radius 3 is 3.07 bits per heavy atom. The molecule has 1 aromatic carbocycles. The molecule has 0 spiro atoms. The van der Waals surface area contributed by atoms with Crippen LogP contribution in [-0.4, -0.2) is 16.8 Å². The number of aromatic nitrogens is 1. The van der Waals surface area contributed by atoms with Crippen LogP contribution in [0.1, 0.15) is 16.7 Å². The zero-order valence-electron chi connectivity index (χ0n) is 7.99. The lowest BCUT2D eigenvalue weighted by atomic mass is 10.3. The van der Waals surface area contributed by atoms with Crippen LogP contribution in [0.4, 0.5) is 0 Å². The van der Waals surface area contributed by atoms with Crippen molar-refractivity contribution in [3.63, 3.8) is 0 Å². The van der Waals surface area contributed by atoms with Crippen LogP contribution in [-0.2, 0) is 0 Å². The number of hydrogen-bond donors (Lipinski definition) is 0. The molecule has 0 atom stereocenters. The van der Waals surface area contributed by atoms with Crippen molar-refractivity contribution in [1.82, 2.24) is 4.98 Å². The number of thiazole rings is 1. The molecule has 0 bridgehead atoms. The summed E-state index contributed by atoms with van der Waals surface area (Å²) in [6.45, 7) is 2.54. The molecule has 0 amide bonds. The second kappa shape index (κ2) is 4.16. The van der Waals surface area contributed by atoms with E-state index in [2.05, 4.69) is 4.98 Å². The Morgan fingerprint density at radius 2 is 2.40 bits per heavy atom. The van der Waals surface area contributed by atoms with E-state index in [-0.39, 0.29) is 0 Å². The average molecular weight is 242 g/mol.